The van der Waals surface area contributed by atoms with E-state index in [1.165, 1.54) is 0 Å². The highest BCUT2D eigenvalue weighted by Crippen LogP contribution is 2.27. The molecule has 0 spiro atoms. The van der Waals surface area contributed by atoms with Crippen LogP contribution in [-0.4, -0.2) is 52.0 Å². The highest BCUT2D eigenvalue weighted by molar-refractivity contribution is 7.71. The first-order valence-corrected chi connectivity index (χ1v) is 11.5. The maximum atomic E-state index is 12.9. The van der Waals surface area contributed by atoms with Crippen molar-refractivity contribution in [2.24, 2.45) is 5.10 Å². The van der Waals surface area contributed by atoms with Crippen LogP contribution < -0.4 is 11.0 Å². The Morgan fingerprint density at radius 2 is 1.82 bits per heavy atom. The molecule has 0 aliphatic carbocycles. The number of anilines is 1. The van der Waals surface area contributed by atoms with Crippen molar-refractivity contribution in [3.05, 3.63) is 87.0 Å². The molecular formula is C25H24N6O2S. The molecule has 2 aromatic carbocycles. The summed E-state index contributed by atoms with van der Waals surface area (Å²) in [4.78, 5) is 25.6. The zero-order valence-corrected chi connectivity index (χ0v) is 19.5. The van der Waals surface area contributed by atoms with Gasteiger partial charge in [0.25, 0.3) is 5.56 Å². The summed E-state index contributed by atoms with van der Waals surface area (Å²) in [6.07, 6.45) is 0. The van der Waals surface area contributed by atoms with Gasteiger partial charge in [-0.1, -0.05) is 48.0 Å². The Bertz CT molecular complexity index is 1460. The van der Waals surface area contributed by atoms with Crippen molar-refractivity contribution in [2.45, 2.75) is 6.92 Å². The molecule has 1 aliphatic rings. The highest BCUT2D eigenvalue weighted by Gasteiger charge is 2.21. The predicted molar refractivity (Wildman–Crippen MR) is 137 cm³/mol. The van der Waals surface area contributed by atoms with Crippen molar-refractivity contribution in [1.29, 1.82) is 0 Å². The molecule has 0 radical (unpaired) electrons. The fourth-order valence-electron chi connectivity index (χ4n) is 3.94. The van der Waals surface area contributed by atoms with Crippen molar-refractivity contribution >= 4 is 34.8 Å². The maximum Gasteiger partial charge on any atom is 0.261 e. The summed E-state index contributed by atoms with van der Waals surface area (Å²) in [5, 5.41) is 5.19. The SMILES string of the molecule is Cc1ccc(-c2cc(/C(=N/Nc3ccccc3)N3CCOCC3)nc3[nH]c(=S)[nH]c(=O)c23)cc1. The van der Waals surface area contributed by atoms with E-state index >= 15 is 0 Å². The second kappa shape index (κ2) is 9.58. The van der Waals surface area contributed by atoms with Crippen LogP contribution in [0.1, 0.15) is 11.3 Å². The Morgan fingerprint density at radius 1 is 1.09 bits per heavy atom. The Hall–Kier alpha value is -3.82. The van der Waals surface area contributed by atoms with Crippen LogP contribution >= 0.6 is 12.2 Å². The number of morpholine rings is 1. The van der Waals surface area contributed by atoms with E-state index in [1.54, 1.807) is 0 Å². The number of nitrogens with zero attached hydrogens (tertiary/aromatic N) is 3. The number of aromatic nitrogens is 3. The molecule has 0 saturated carbocycles. The summed E-state index contributed by atoms with van der Waals surface area (Å²) in [6, 6.07) is 19.7. The fraction of sp³-hybridized carbons (Fsp3) is 0.200. The van der Waals surface area contributed by atoms with Gasteiger partial charge in [-0.05, 0) is 42.9 Å². The van der Waals surface area contributed by atoms with E-state index in [2.05, 4.69) is 20.3 Å². The average molecular weight is 473 g/mol. The van der Waals surface area contributed by atoms with Gasteiger partial charge >= 0.3 is 0 Å². The van der Waals surface area contributed by atoms with E-state index in [4.69, 9.17) is 27.0 Å². The molecule has 0 unspecified atom stereocenters. The van der Waals surface area contributed by atoms with Crippen LogP contribution in [0.4, 0.5) is 5.69 Å². The fourth-order valence-corrected chi connectivity index (χ4v) is 4.13. The first kappa shape index (κ1) is 22.0. The lowest BCUT2D eigenvalue weighted by Gasteiger charge is -2.29. The smallest absolute Gasteiger partial charge is 0.261 e. The summed E-state index contributed by atoms with van der Waals surface area (Å²) in [6.45, 7) is 4.60. The number of H-pyrrole nitrogens is 2. The van der Waals surface area contributed by atoms with Crippen LogP contribution in [0, 0.1) is 11.7 Å². The molecule has 0 amide bonds. The van der Waals surface area contributed by atoms with E-state index in [1.807, 2.05) is 67.6 Å². The van der Waals surface area contributed by atoms with Gasteiger partial charge in [-0.3, -0.25) is 15.2 Å². The molecule has 34 heavy (non-hydrogen) atoms. The molecule has 3 heterocycles. The monoisotopic (exact) mass is 472 g/mol. The number of aromatic amines is 2. The van der Waals surface area contributed by atoms with E-state index < -0.39 is 0 Å². The minimum absolute atomic E-state index is 0.226. The van der Waals surface area contributed by atoms with Gasteiger partial charge in [-0.2, -0.15) is 5.10 Å². The van der Waals surface area contributed by atoms with Crippen LogP contribution in [0.5, 0.6) is 0 Å². The largest absolute Gasteiger partial charge is 0.378 e. The van der Waals surface area contributed by atoms with Gasteiger partial charge in [0.15, 0.2) is 10.6 Å². The number of amidine groups is 1. The van der Waals surface area contributed by atoms with Crippen LogP contribution in [0.15, 0.2) is 70.6 Å². The number of hydrogen-bond acceptors (Lipinski definition) is 6. The van der Waals surface area contributed by atoms with Crippen molar-refractivity contribution in [1.82, 2.24) is 19.9 Å². The number of fused-ring (bicyclic) bond motifs is 1. The van der Waals surface area contributed by atoms with Gasteiger partial charge < -0.3 is 14.6 Å². The number of para-hydroxylation sites is 1. The molecule has 5 rings (SSSR count). The summed E-state index contributed by atoms with van der Waals surface area (Å²) < 4.78 is 5.78. The third-order valence-corrected chi connectivity index (χ3v) is 5.88. The quantitative estimate of drug-likeness (QED) is 0.179. The van der Waals surface area contributed by atoms with E-state index in [0.717, 1.165) is 22.4 Å². The summed E-state index contributed by atoms with van der Waals surface area (Å²) >= 11 is 5.23. The maximum absolute atomic E-state index is 12.9. The Morgan fingerprint density at radius 3 is 2.56 bits per heavy atom. The molecule has 3 N–H and O–H groups in total. The second-order valence-corrected chi connectivity index (χ2v) is 8.47. The molecule has 9 heteroatoms. The molecule has 1 fully saturated rings. The van der Waals surface area contributed by atoms with Gasteiger partial charge in [0.05, 0.1) is 24.3 Å². The number of nitrogens with one attached hydrogen (secondary N) is 3. The topological polar surface area (TPSA) is 98.4 Å². The highest BCUT2D eigenvalue weighted by atomic mass is 32.1. The molecule has 172 valence electrons. The molecular weight excluding hydrogens is 448 g/mol. The van der Waals surface area contributed by atoms with Gasteiger partial charge in [-0.15, -0.1) is 0 Å². The Balaban J connectivity index is 1.71. The lowest BCUT2D eigenvalue weighted by Crippen LogP contribution is -2.42. The number of hydrazone groups is 1. The molecule has 0 atom stereocenters. The standard InChI is InChI=1S/C25H24N6O2S/c1-16-7-9-17(10-8-16)19-15-20(26-22-21(19)24(32)28-25(34)27-22)23(31-11-13-33-14-12-31)30-29-18-5-3-2-4-6-18/h2-10,15,29H,11-14H2,1H3,(H2,26,27,28,32,34)/b30-23-. The molecule has 0 bridgehead atoms. The van der Waals surface area contributed by atoms with Gasteiger partial charge in [0.1, 0.15) is 11.3 Å². The number of pyridine rings is 1. The van der Waals surface area contributed by atoms with Crippen LogP contribution in [-0.2, 0) is 4.74 Å². The molecule has 1 saturated heterocycles. The number of aryl methyl sites for hydroxylation is 1. The van der Waals surface area contributed by atoms with Gasteiger partial charge in [0.2, 0.25) is 0 Å². The normalized spacial score (nSPS) is 14.4. The zero-order valence-electron chi connectivity index (χ0n) is 18.7. The lowest BCUT2D eigenvalue weighted by atomic mass is 10.0. The van der Waals surface area contributed by atoms with Crippen molar-refractivity contribution < 1.29 is 4.74 Å². The first-order chi connectivity index (χ1) is 16.6. The number of benzene rings is 2. The third kappa shape index (κ3) is 4.61. The Labute approximate surface area is 201 Å². The van der Waals surface area contributed by atoms with E-state index in [9.17, 15) is 4.79 Å². The first-order valence-electron chi connectivity index (χ1n) is 11.0. The molecule has 4 aromatic rings. The van der Waals surface area contributed by atoms with Crippen LogP contribution in [0.25, 0.3) is 22.2 Å². The minimum atomic E-state index is -0.277. The molecule has 2 aromatic heterocycles. The van der Waals surface area contributed by atoms with Crippen molar-refractivity contribution in [2.75, 3.05) is 31.7 Å². The Kier molecular flexibility index (Phi) is 6.20. The van der Waals surface area contributed by atoms with Crippen molar-refractivity contribution in [3.8, 4) is 11.1 Å². The van der Waals surface area contributed by atoms with E-state index in [-0.39, 0.29) is 10.3 Å². The summed E-state index contributed by atoms with van der Waals surface area (Å²) in [5.41, 5.74) is 7.59. The molecule has 1 aliphatic heterocycles. The van der Waals surface area contributed by atoms with Crippen LogP contribution in [0.2, 0.25) is 0 Å². The number of hydrogen-bond donors (Lipinski definition) is 3. The van der Waals surface area contributed by atoms with Crippen molar-refractivity contribution in [3.63, 3.8) is 0 Å². The lowest BCUT2D eigenvalue weighted by molar-refractivity contribution is 0.0681. The minimum Gasteiger partial charge on any atom is -0.378 e. The number of rotatable bonds is 4. The summed E-state index contributed by atoms with van der Waals surface area (Å²) in [5.74, 6) is 0.669. The van der Waals surface area contributed by atoms with Gasteiger partial charge in [-0.25, -0.2) is 4.98 Å². The average Bonchev–Trinajstić information content (AvgIpc) is 2.85. The summed E-state index contributed by atoms with van der Waals surface area (Å²) in [7, 11) is 0. The third-order valence-electron chi connectivity index (χ3n) is 5.67. The zero-order chi connectivity index (χ0) is 23.5. The van der Waals surface area contributed by atoms with Crippen LogP contribution in [0.3, 0.4) is 0 Å². The number of ether oxygens (including phenoxy) is 1. The molecule has 8 nitrogen and oxygen atoms in total. The van der Waals surface area contributed by atoms with Gasteiger partial charge in [0, 0.05) is 18.7 Å². The predicted octanol–water partition coefficient (Wildman–Crippen LogP) is 4.06. The van der Waals surface area contributed by atoms with E-state index in [0.29, 0.717) is 48.9 Å². The second-order valence-electron chi connectivity index (χ2n) is 8.07.